The van der Waals surface area contributed by atoms with Crippen LogP contribution < -0.4 is 5.32 Å². The van der Waals surface area contributed by atoms with E-state index in [1.54, 1.807) is 0 Å². The van der Waals surface area contributed by atoms with Crippen molar-refractivity contribution in [2.45, 2.75) is 39.8 Å². The SMILES string of the molecule is Cc1c(Br)c2ccccc2n1CCNC(C)(C)C. The van der Waals surface area contributed by atoms with Crippen molar-refractivity contribution in [3.8, 4) is 0 Å². The summed E-state index contributed by atoms with van der Waals surface area (Å²) < 4.78 is 3.59. The van der Waals surface area contributed by atoms with Gasteiger partial charge in [-0.15, -0.1) is 0 Å². The monoisotopic (exact) mass is 308 g/mol. The Morgan fingerprint density at radius 1 is 1.22 bits per heavy atom. The number of rotatable bonds is 3. The van der Waals surface area contributed by atoms with Gasteiger partial charge < -0.3 is 9.88 Å². The number of hydrogen-bond donors (Lipinski definition) is 1. The van der Waals surface area contributed by atoms with E-state index < -0.39 is 0 Å². The summed E-state index contributed by atoms with van der Waals surface area (Å²) in [5, 5.41) is 4.83. The van der Waals surface area contributed by atoms with E-state index in [1.165, 1.54) is 21.1 Å². The van der Waals surface area contributed by atoms with Gasteiger partial charge in [-0.05, 0) is 49.7 Å². The zero-order valence-electron chi connectivity index (χ0n) is 11.5. The van der Waals surface area contributed by atoms with E-state index in [-0.39, 0.29) is 5.54 Å². The van der Waals surface area contributed by atoms with Crippen LogP contribution in [0.1, 0.15) is 26.5 Å². The Bertz CT molecular complexity index is 549. The molecule has 1 heterocycles. The lowest BCUT2D eigenvalue weighted by Crippen LogP contribution is -2.37. The number of hydrogen-bond acceptors (Lipinski definition) is 1. The Morgan fingerprint density at radius 3 is 2.56 bits per heavy atom. The highest BCUT2D eigenvalue weighted by Crippen LogP contribution is 2.30. The number of fused-ring (bicyclic) bond motifs is 1. The quantitative estimate of drug-likeness (QED) is 0.903. The van der Waals surface area contributed by atoms with Crippen molar-refractivity contribution < 1.29 is 0 Å². The van der Waals surface area contributed by atoms with Gasteiger partial charge in [0.15, 0.2) is 0 Å². The standard InChI is InChI=1S/C15H21BrN2/c1-11-14(16)12-7-5-6-8-13(12)18(11)10-9-17-15(2,3)4/h5-8,17H,9-10H2,1-4H3. The number of halogens is 1. The molecule has 0 unspecified atom stereocenters. The van der Waals surface area contributed by atoms with Gasteiger partial charge in [0.05, 0.1) is 0 Å². The average molecular weight is 309 g/mol. The van der Waals surface area contributed by atoms with Gasteiger partial charge in [-0.1, -0.05) is 18.2 Å². The Kier molecular flexibility index (Phi) is 3.83. The first kappa shape index (κ1) is 13.6. The molecule has 0 aliphatic heterocycles. The maximum atomic E-state index is 3.69. The Hall–Kier alpha value is -0.800. The predicted molar refractivity (Wildman–Crippen MR) is 82.1 cm³/mol. The van der Waals surface area contributed by atoms with Crippen LogP contribution in [0.4, 0.5) is 0 Å². The van der Waals surface area contributed by atoms with Crippen LogP contribution in [-0.2, 0) is 6.54 Å². The second-order valence-electron chi connectivity index (χ2n) is 5.74. The van der Waals surface area contributed by atoms with Crippen molar-refractivity contribution >= 4 is 26.8 Å². The number of nitrogens with one attached hydrogen (secondary N) is 1. The normalized spacial score (nSPS) is 12.3. The summed E-state index contributed by atoms with van der Waals surface area (Å²) >= 11 is 3.69. The molecule has 98 valence electrons. The molecular formula is C15H21BrN2. The summed E-state index contributed by atoms with van der Waals surface area (Å²) in [5.74, 6) is 0. The average Bonchev–Trinajstić information content (AvgIpc) is 2.53. The van der Waals surface area contributed by atoms with Gasteiger partial charge in [0.25, 0.3) is 0 Å². The lowest BCUT2D eigenvalue weighted by molar-refractivity contribution is 0.413. The van der Waals surface area contributed by atoms with E-state index in [9.17, 15) is 0 Å². The van der Waals surface area contributed by atoms with Crippen molar-refractivity contribution in [1.29, 1.82) is 0 Å². The second kappa shape index (κ2) is 5.06. The molecule has 1 aromatic carbocycles. The molecule has 0 atom stereocenters. The van der Waals surface area contributed by atoms with Crippen LogP contribution >= 0.6 is 15.9 Å². The maximum Gasteiger partial charge on any atom is 0.0494 e. The van der Waals surface area contributed by atoms with E-state index in [0.29, 0.717) is 0 Å². The first-order chi connectivity index (χ1) is 8.40. The summed E-state index contributed by atoms with van der Waals surface area (Å²) in [6.07, 6.45) is 0. The van der Waals surface area contributed by atoms with E-state index in [4.69, 9.17) is 0 Å². The van der Waals surface area contributed by atoms with Crippen LogP contribution in [0.25, 0.3) is 10.9 Å². The third-order valence-corrected chi connectivity index (χ3v) is 4.15. The van der Waals surface area contributed by atoms with Crippen LogP contribution in [-0.4, -0.2) is 16.7 Å². The Balaban J connectivity index is 2.25. The van der Waals surface area contributed by atoms with E-state index in [0.717, 1.165) is 13.1 Å². The molecule has 1 aromatic heterocycles. The fourth-order valence-electron chi connectivity index (χ4n) is 2.22. The molecule has 18 heavy (non-hydrogen) atoms. The molecule has 2 nitrogen and oxygen atoms in total. The lowest BCUT2D eigenvalue weighted by atomic mass is 10.1. The topological polar surface area (TPSA) is 17.0 Å². The number of benzene rings is 1. The van der Waals surface area contributed by atoms with E-state index in [1.807, 2.05) is 0 Å². The van der Waals surface area contributed by atoms with Crippen LogP contribution in [0.5, 0.6) is 0 Å². The first-order valence-electron chi connectivity index (χ1n) is 6.38. The Morgan fingerprint density at radius 2 is 1.89 bits per heavy atom. The number of para-hydroxylation sites is 1. The molecule has 0 aliphatic carbocycles. The van der Waals surface area contributed by atoms with Gasteiger partial charge in [-0.2, -0.15) is 0 Å². The van der Waals surface area contributed by atoms with Crippen molar-refractivity contribution in [2.24, 2.45) is 0 Å². The fourth-order valence-corrected chi connectivity index (χ4v) is 2.77. The molecule has 0 saturated carbocycles. The van der Waals surface area contributed by atoms with Crippen LogP contribution in [0, 0.1) is 6.92 Å². The molecule has 0 radical (unpaired) electrons. The van der Waals surface area contributed by atoms with Gasteiger partial charge in [-0.25, -0.2) is 0 Å². The maximum absolute atomic E-state index is 3.69. The predicted octanol–water partition coefficient (Wildman–Crippen LogP) is 4.10. The summed E-state index contributed by atoms with van der Waals surface area (Å²) in [4.78, 5) is 0. The highest BCUT2D eigenvalue weighted by atomic mass is 79.9. The molecule has 0 saturated heterocycles. The summed E-state index contributed by atoms with van der Waals surface area (Å²) in [6.45, 7) is 10.7. The highest BCUT2D eigenvalue weighted by molar-refractivity contribution is 9.10. The van der Waals surface area contributed by atoms with Gasteiger partial charge in [0.1, 0.15) is 0 Å². The largest absolute Gasteiger partial charge is 0.342 e. The highest BCUT2D eigenvalue weighted by Gasteiger charge is 2.12. The van der Waals surface area contributed by atoms with Crippen molar-refractivity contribution in [3.63, 3.8) is 0 Å². The minimum Gasteiger partial charge on any atom is -0.342 e. The molecule has 3 heteroatoms. The van der Waals surface area contributed by atoms with Crippen LogP contribution in [0.3, 0.4) is 0 Å². The molecule has 1 N–H and O–H groups in total. The van der Waals surface area contributed by atoms with E-state index >= 15 is 0 Å². The van der Waals surface area contributed by atoms with Gasteiger partial charge in [0.2, 0.25) is 0 Å². The van der Waals surface area contributed by atoms with Crippen molar-refractivity contribution in [3.05, 3.63) is 34.4 Å². The van der Waals surface area contributed by atoms with Crippen molar-refractivity contribution in [1.82, 2.24) is 9.88 Å². The summed E-state index contributed by atoms with van der Waals surface area (Å²) in [7, 11) is 0. The van der Waals surface area contributed by atoms with Gasteiger partial charge in [0, 0.05) is 39.7 Å². The second-order valence-corrected chi connectivity index (χ2v) is 6.54. The van der Waals surface area contributed by atoms with E-state index in [2.05, 4.69) is 77.8 Å². The third-order valence-electron chi connectivity index (χ3n) is 3.14. The van der Waals surface area contributed by atoms with Gasteiger partial charge >= 0.3 is 0 Å². The molecular weight excluding hydrogens is 288 g/mol. The fraction of sp³-hybridized carbons (Fsp3) is 0.467. The minimum absolute atomic E-state index is 0.175. The molecule has 0 fully saturated rings. The molecule has 2 rings (SSSR count). The van der Waals surface area contributed by atoms with Gasteiger partial charge in [-0.3, -0.25) is 0 Å². The van der Waals surface area contributed by atoms with Crippen molar-refractivity contribution in [2.75, 3.05) is 6.54 Å². The summed E-state index contributed by atoms with van der Waals surface area (Å²) in [6, 6.07) is 8.54. The molecule has 0 aliphatic rings. The molecule has 0 bridgehead atoms. The molecule has 2 aromatic rings. The van der Waals surface area contributed by atoms with Crippen LogP contribution in [0.15, 0.2) is 28.7 Å². The number of nitrogens with zero attached hydrogens (tertiary/aromatic N) is 1. The zero-order valence-corrected chi connectivity index (χ0v) is 13.1. The molecule has 0 amide bonds. The minimum atomic E-state index is 0.175. The smallest absolute Gasteiger partial charge is 0.0494 e. The van der Waals surface area contributed by atoms with Crippen LogP contribution in [0.2, 0.25) is 0 Å². The third kappa shape index (κ3) is 2.78. The summed E-state index contributed by atoms with van der Waals surface area (Å²) in [5.41, 5.74) is 2.78. The lowest BCUT2D eigenvalue weighted by Gasteiger charge is -2.21. The Labute approximate surface area is 118 Å². The zero-order chi connectivity index (χ0) is 13.3. The molecule has 0 spiro atoms. The number of aromatic nitrogens is 1. The first-order valence-corrected chi connectivity index (χ1v) is 7.18.